The molecule has 1 N–H and O–H groups in total. The molecule has 25 heavy (non-hydrogen) atoms. The van der Waals surface area contributed by atoms with Gasteiger partial charge in [-0.15, -0.1) is 11.3 Å². The number of amides is 1. The van der Waals surface area contributed by atoms with E-state index in [0.717, 1.165) is 22.0 Å². The van der Waals surface area contributed by atoms with E-state index in [0.29, 0.717) is 17.1 Å². The topological polar surface area (TPSA) is 65.8 Å². The largest absolute Gasteiger partial charge is 0.410 e. The Morgan fingerprint density at radius 3 is 2.68 bits per heavy atom. The molecule has 0 saturated carbocycles. The summed E-state index contributed by atoms with van der Waals surface area (Å²) in [6, 6.07) is 14.7. The first kappa shape index (κ1) is 15.8. The number of oxime groups is 1. The Kier molecular flexibility index (Phi) is 3.99. The molecule has 4 rings (SSSR count). The van der Waals surface area contributed by atoms with Gasteiger partial charge in [0.25, 0.3) is 5.91 Å². The third-order valence-corrected chi connectivity index (χ3v) is 5.15. The molecule has 7 heteroatoms. The van der Waals surface area contributed by atoms with Gasteiger partial charge < -0.3 is 10.1 Å². The van der Waals surface area contributed by atoms with Crippen molar-refractivity contribution in [3.05, 3.63) is 70.2 Å². The highest BCUT2D eigenvalue weighted by Gasteiger charge is 2.34. The van der Waals surface area contributed by atoms with Gasteiger partial charge in [0.15, 0.2) is 5.71 Å². The number of anilines is 1. The van der Waals surface area contributed by atoms with Crippen LogP contribution < -0.4 is 4.90 Å². The predicted octanol–water partition coefficient (Wildman–Crippen LogP) is 4.19. The summed E-state index contributed by atoms with van der Waals surface area (Å²) >= 11 is 7.43. The van der Waals surface area contributed by atoms with Gasteiger partial charge in [-0.2, -0.15) is 0 Å². The van der Waals surface area contributed by atoms with Crippen LogP contribution in [0.5, 0.6) is 0 Å². The van der Waals surface area contributed by atoms with E-state index in [-0.39, 0.29) is 11.6 Å². The third-order valence-electron chi connectivity index (χ3n) is 3.96. The highest BCUT2D eigenvalue weighted by atomic mass is 35.5. The molecule has 1 aromatic heterocycles. The van der Waals surface area contributed by atoms with Crippen LogP contribution in [0.4, 0.5) is 5.69 Å². The normalized spacial score (nSPS) is 15.0. The standard InChI is InChI=1S/C18H12ClN3O2S/c19-12-7-5-11(6-8-12)17-20-13(10-25-17)9-22-15-4-2-1-3-14(15)16(21-24)18(22)23/h1-8,10,24H,9H2/b21-16-. The molecule has 0 bridgehead atoms. The fraction of sp³-hybridized carbons (Fsp3) is 0.0556. The molecular formula is C18H12ClN3O2S. The zero-order chi connectivity index (χ0) is 17.4. The van der Waals surface area contributed by atoms with Crippen LogP contribution in [0, 0.1) is 0 Å². The first-order valence-electron chi connectivity index (χ1n) is 7.51. The second-order valence-corrected chi connectivity index (χ2v) is 6.80. The van der Waals surface area contributed by atoms with Crippen molar-refractivity contribution in [3.63, 3.8) is 0 Å². The molecule has 0 atom stereocenters. The zero-order valence-electron chi connectivity index (χ0n) is 12.9. The number of carbonyl (C=O) groups excluding carboxylic acids is 1. The van der Waals surface area contributed by atoms with Gasteiger partial charge in [-0.25, -0.2) is 4.98 Å². The molecule has 0 radical (unpaired) electrons. The maximum absolute atomic E-state index is 12.5. The molecule has 1 amide bonds. The van der Waals surface area contributed by atoms with Gasteiger partial charge in [-0.05, 0) is 18.2 Å². The van der Waals surface area contributed by atoms with Gasteiger partial charge in [0, 0.05) is 21.5 Å². The second-order valence-electron chi connectivity index (χ2n) is 5.51. The minimum atomic E-state index is -0.329. The number of carbonyl (C=O) groups is 1. The van der Waals surface area contributed by atoms with Crippen molar-refractivity contribution < 1.29 is 10.0 Å². The molecule has 2 heterocycles. The lowest BCUT2D eigenvalue weighted by Gasteiger charge is -2.15. The average Bonchev–Trinajstić information content (AvgIpc) is 3.19. The van der Waals surface area contributed by atoms with E-state index in [4.69, 9.17) is 16.8 Å². The molecule has 0 spiro atoms. The van der Waals surface area contributed by atoms with Crippen LogP contribution in [-0.4, -0.2) is 21.8 Å². The van der Waals surface area contributed by atoms with Crippen molar-refractivity contribution in [1.29, 1.82) is 0 Å². The van der Waals surface area contributed by atoms with Crippen molar-refractivity contribution in [2.45, 2.75) is 6.54 Å². The number of halogens is 1. The van der Waals surface area contributed by atoms with Crippen molar-refractivity contribution >= 4 is 40.2 Å². The van der Waals surface area contributed by atoms with Crippen molar-refractivity contribution in [3.8, 4) is 10.6 Å². The molecule has 0 unspecified atom stereocenters. The number of benzene rings is 2. The summed E-state index contributed by atoms with van der Waals surface area (Å²) in [6.45, 7) is 0.318. The smallest absolute Gasteiger partial charge is 0.281 e. The number of nitrogens with zero attached hydrogens (tertiary/aromatic N) is 3. The van der Waals surface area contributed by atoms with Crippen molar-refractivity contribution in [1.82, 2.24) is 4.98 Å². The first-order valence-corrected chi connectivity index (χ1v) is 8.77. The maximum Gasteiger partial charge on any atom is 0.281 e. The van der Waals surface area contributed by atoms with E-state index >= 15 is 0 Å². The minimum absolute atomic E-state index is 0.0590. The van der Waals surface area contributed by atoms with Gasteiger partial charge in [-0.3, -0.25) is 4.79 Å². The number of hydrogen-bond donors (Lipinski definition) is 1. The zero-order valence-corrected chi connectivity index (χ0v) is 14.5. The SMILES string of the molecule is O=C1/C(=N\O)c2ccccc2N1Cc1csc(-c2ccc(Cl)cc2)n1. The summed E-state index contributed by atoms with van der Waals surface area (Å²) in [5.74, 6) is -0.329. The van der Waals surface area contributed by atoms with Crippen molar-refractivity contribution in [2.24, 2.45) is 5.16 Å². The molecule has 1 aliphatic heterocycles. The summed E-state index contributed by atoms with van der Waals surface area (Å²) in [5, 5.41) is 15.8. The summed E-state index contributed by atoms with van der Waals surface area (Å²) in [5.41, 5.74) is 3.16. The number of thiazole rings is 1. The number of hydrogen-bond acceptors (Lipinski definition) is 5. The Hall–Kier alpha value is -2.70. The second kappa shape index (κ2) is 6.31. The van der Waals surface area contributed by atoms with Crippen LogP contribution in [0.15, 0.2) is 59.1 Å². The monoisotopic (exact) mass is 369 g/mol. The Balaban J connectivity index is 1.63. The van der Waals surface area contributed by atoms with E-state index < -0.39 is 0 Å². The molecule has 124 valence electrons. The molecule has 5 nitrogen and oxygen atoms in total. The van der Waals surface area contributed by atoms with E-state index in [1.165, 1.54) is 11.3 Å². The Labute approximate surface area is 152 Å². The highest BCUT2D eigenvalue weighted by Crippen LogP contribution is 2.32. The Morgan fingerprint density at radius 2 is 1.92 bits per heavy atom. The number of para-hydroxylation sites is 1. The lowest BCUT2D eigenvalue weighted by molar-refractivity contribution is -0.112. The first-order chi connectivity index (χ1) is 12.2. The van der Waals surface area contributed by atoms with Crippen LogP contribution in [-0.2, 0) is 11.3 Å². The van der Waals surface area contributed by atoms with Gasteiger partial charge in [0.05, 0.1) is 17.9 Å². The van der Waals surface area contributed by atoms with E-state index in [1.807, 2.05) is 47.8 Å². The van der Waals surface area contributed by atoms with Crippen LogP contribution in [0.25, 0.3) is 10.6 Å². The fourth-order valence-electron chi connectivity index (χ4n) is 2.78. The van der Waals surface area contributed by atoms with E-state index in [9.17, 15) is 4.79 Å². The van der Waals surface area contributed by atoms with Gasteiger partial charge >= 0.3 is 0 Å². The molecule has 2 aromatic carbocycles. The third kappa shape index (κ3) is 2.79. The van der Waals surface area contributed by atoms with Crippen LogP contribution in [0.3, 0.4) is 0 Å². The molecular weight excluding hydrogens is 358 g/mol. The summed E-state index contributed by atoms with van der Waals surface area (Å²) in [4.78, 5) is 18.7. The van der Waals surface area contributed by atoms with Crippen LogP contribution in [0.2, 0.25) is 5.02 Å². The van der Waals surface area contributed by atoms with Gasteiger partial charge in [0.2, 0.25) is 0 Å². The average molecular weight is 370 g/mol. The lowest BCUT2D eigenvalue weighted by atomic mass is 10.1. The molecule has 0 saturated heterocycles. The highest BCUT2D eigenvalue weighted by molar-refractivity contribution is 7.13. The number of aromatic nitrogens is 1. The molecule has 3 aromatic rings. The maximum atomic E-state index is 12.5. The Bertz CT molecular complexity index is 982. The summed E-state index contributed by atoms with van der Waals surface area (Å²) < 4.78 is 0. The van der Waals surface area contributed by atoms with Crippen molar-refractivity contribution in [2.75, 3.05) is 4.90 Å². The van der Waals surface area contributed by atoms with E-state index in [1.54, 1.807) is 11.0 Å². The van der Waals surface area contributed by atoms with Crippen LogP contribution >= 0.6 is 22.9 Å². The number of fused-ring (bicyclic) bond motifs is 1. The lowest BCUT2D eigenvalue weighted by Crippen LogP contribution is -2.29. The quantitative estimate of drug-likeness (QED) is 0.556. The minimum Gasteiger partial charge on any atom is -0.410 e. The van der Waals surface area contributed by atoms with E-state index in [2.05, 4.69) is 10.1 Å². The molecule has 1 aliphatic rings. The van der Waals surface area contributed by atoms with Gasteiger partial charge in [-0.1, -0.05) is 47.1 Å². The number of rotatable bonds is 3. The molecule has 0 aliphatic carbocycles. The Morgan fingerprint density at radius 1 is 1.16 bits per heavy atom. The summed E-state index contributed by atoms with van der Waals surface area (Å²) in [7, 11) is 0. The summed E-state index contributed by atoms with van der Waals surface area (Å²) in [6.07, 6.45) is 0. The molecule has 0 fully saturated rings. The van der Waals surface area contributed by atoms with Gasteiger partial charge in [0.1, 0.15) is 5.01 Å². The predicted molar refractivity (Wildman–Crippen MR) is 98.5 cm³/mol. The van der Waals surface area contributed by atoms with Crippen LogP contribution in [0.1, 0.15) is 11.3 Å². The fourth-order valence-corrected chi connectivity index (χ4v) is 3.72.